The van der Waals surface area contributed by atoms with Gasteiger partial charge in [-0.15, -0.1) is 0 Å². The normalized spacial score (nSPS) is 15.4. The molecule has 0 aliphatic carbocycles. The van der Waals surface area contributed by atoms with Crippen LogP contribution in [0.5, 0.6) is 11.5 Å². The number of thioether (sulfide) groups is 1. The molecule has 1 aliphatic rings. The zero-order valence-corrected chi connectivity index (χ0v) is 18.9. The lowest BCUT2D eigenvalue weighted by Crippen LogP contribution is -2.36. The zero-order chi connectivity index (χ0) is 21.4. The van der Waals surface area contributed by atoms with Crippen molar-refractivity contribution in [2.24, 2.45) is 5.92 Å². The van der Waals surface area contributed by atoms with Gasteiger partial charge in [-0.2, -0.15) is 0 Å². The number of carbonyl (C=O) groups is 2. The maximum Gasteiger partial charge on any atom is 0.317 e. The third kappa shape index (κ3) is 7.08. The van der Waals surface area contributed by atoms with Gasteiger partial charge in [0.2, 0.25) is 0 Å². The van der Waals surface area contributed by atoms with Crippen molar-refractivity contribution in [3.05, 3.63) is 18.2 Å². The van der Waals surface area contributed by atoms with Crippen LogP contribution in [0.1, 0.15) is 26.7 Å². The van der Waals surface area contributed by atoms with E-state index in [2.05, 4.69) is 17.1 Å². The Morgan fingerprint density at radius 1 is 1.28 bits per heavy atom. The van der Waals surface area contributed by atoms with E-state index in [1.807, 2.05) is 0 Å². The highest BCUT2D eigenvalue weighted by Gasteiger charge is 2.22. The summed E-state index contributed by atoms with van der Waals surface area (Å²) in [5.41, 5.74) is 0.439. The summed E-state index contributed by atoms with van der Waals surface area (Å²) in [7, 11) is 3.04. The van der Waals surface area contributed by atoms with E-state index in [4.69, 9.17) is 26.4 Å². The number of nitrogens with zero attached hydrogens (tertiary/aromatic N) is 1. The number of anilines is 1. The minimum Gasteiger partial charge on any atom is -0.497 e. The standard InChI is InChI=1S/C20H28N2O5S2/c1-13-7-9-22(10-8-13)20(28)29-12-18(23)27-14(2)19(24)21-16-11-15(25-3)5-6-17(16)26-4/h5-6,11,13-14H,7-10,12H2,1-4H3,(H,21,24). The summed E-state index contributed by atoms with van der Waals surface area (Å²) in [5.74, 6) is 0.902. The van der Waals surface area contributed by atoms with Crippen LogP contribution in [-0.4, -0.2) is 60.3 Å². The first-order valence-corrected chi connectivity index (χ1v) is 10.9. The van der Waals surface area contributed by atoms with Crippen LogP contribution < -0.4 is 14.8 Å². The molecule has 1 fully saturated rings. The van der Waals surface area contributed by atoms with Crippen LogP contribution in [0.15, 0.2) is 18.2 Å². The maximum atomic E-state index is 12.4. The van der Waals surface area contributed by atoms with Gasteiger partial charge in [0.05, 0.1) is 25.7 Å². The number of amides is 1. The fraction of sp³-hybridized carbons (Fsp3) is 0.550. The molecule has 2 rings (SSSR count). The van der Waals surface area contributed by atoms with E-state index < -0.39 is 18.0 Å². The van der Waals surface area contributed by atoms with Gasteiger partial charge in [0.1, 0.15) is 15.8 Å². The Bertz CT molecular complexity index is 736. The molecule has 160 valence electrons. The van der Waals surface area contributed by atoms with Gasteiger partial charge in [0.15, 0.2) is 6.10 Å². The minimum atomic E-state index is -0.955. The summed E-state index contributed by atoms with van der Waals surface area (Å²) < 4.78 is 16.3. The summed E-state index contributed by atoms with van der Waals surface area (Å²) in [6, 6.07) is 5.05. The first-order chi connectivity index (χ1) is 13.8. The fourth-order valence-corrected chi connectivity index (χ4v) is 3.87. The molecular formula is C20H28N2O5S2. The van der Waals surface area contributed by atoms with Gasteiger partial charge in [0.25, 0.3) is 5.91 Å². The summed E-state index contributed by atoms with van der Waals surface area (Å²) in [6.07, 6.45) is 1.26. The molecule has 0 bridgehead atoms. The van der Waals surface area contributed by atoms with E-state index in [0.29, 0.717) is 27.4 Å². The number of likely N-dealkylation sites (tertiary alicyclic amines) is 1. The number of carbonyl (C=O) groups excluding carboxylic acids is 2. The maximum absolute atomic E-state index is 12.4. The van der Waals surface area contributed by atoms with Crippen LogP contribution in [0.25, 0.3) is 0 Å². The van der Waals surface area contributed by atoms with Crippen LogP contribution in [0.4, 0.5) is 5.69 Å². The largest absolute Gasteiger partial charge is 0.497 e. The summed E-state index contributed by atoms with van der Waals surface area (Å²) in [4.78, 5) is 26.7. The SMILES string of the molecule is COc1ccc(OC)c(NC(=O)C(C)OC(=O)CSC(=S)N2CCC(C)CC2)c1. The molecule has 1 unspecified atom stereocenters. The number of ether oxygens (including phenoxy) is 3. The Labute approximate surface area is 181 Å². The zero-order valence-electron chi connectivity index (χ0n) is 17.2. The van der Waals surface area contributed by atoms with Crippen LogP contribution in [0, 0.1) is 5.92 Å². The molecule has 0 saturated carbocycles. The fourth-order valence-electron chi connectivity index (χ4n) is 2.83. The molecule has 1 N–H and O–H groups in total. The molecule has 1 saturated heterocycles. The average molecular weight is 441 g/mol. The van der Waals surface area contributed by atoms with E-state index in [-0.39, 0.29) is 5.75 Å². The Morgan fingerprint density at radius 3 is 2.59 bits per heavy atom. The predicted octanol–water partition coefficient (Wildman–Crippen LogP) is 3.32. The quantitative estimate of drug-likeness (QED) is 0.511. The van der Waals surface area contributed by atoms with Gasteiger partial charge in [-0.05, 0) is 37.8 Å². The molecule has 1 aliphatic heterocycles. The number of hydrogen-bond acceptors (Lipinski definition) is 7. The monoisotopic (exact) mass is 440 g/mol. The van der Waals surface area contributed by atoms with E-state index in [1.54, 1.807) is 18.2 Å². The van der Waals surface area contributed by atoms with Crippen molar-refractivity contribution in [3.8, 4) is 11.5 Å². The van der Waals surface area contributed by atoms with Crippen molar-refractivity contribution in [1.82, 2.24) is 4.90 Å². The van der Waals surface area contributed by atoms with Crippen LogP contribution in [-0.2, 0) is 14.3 Å². The van der Waals surface area contributed by atoms with E-state index in [0.717, 1.165) is 25.9 Å². The van der Waals surface area contributed by atoms with Crippen molar-refractivity contribution < 1.29 is 23.8 Å². The van der Waals surface area contributed by atoms with Gasteiger partial charge in [-0.1, -0.05) is 30.9 Å². The lowest BCUT2D eigenvalue weighted by atomic mass is 10.00. The van der Waals surface area contributed by atoms with E-state index in [9.17, 15) is 9.59 Å². The molecule has 0 spiro atoms. The Kier molecular flexibility index (Phi) is 9.03. The molecule has 1 aromatic rings. The molecule has 29 heavy (non-hydrogen) atoms. The highest BCUT2D eigenvalue weighted by Crippen LogP contribution is 2.29. The highest BCUT2D eigenvalue weighted by atomic mass is 32.2. The molecular weight excluding hydrogens is 412 g/mol. The number of methoxy groups -OCH3 is 2. The van der Waals surface area contributed by atoms with Crippen molar-refractivity contribution >= 4 is 45.9 Å². The van der Waals surface area contributed by atoms with Gasteiger partial charge in [0, 0.05) is 19.2 Å². The Hall–Kier alpha value is -2.00. The van der Waals surface area contributed by atoms with E-state index >= 15 is 0 Å². The number of nitrogens with one attached hydrogen (secondary N) is 1. The topological polar surface area (TPSA) is 77.1 Å². The number of hydrogen-bond donors (Lipinski definition) is 1. The minimum absolute atomic E-state index is 0.0744. The van der Waals surface area contributed by atoms with Gasteiger partial charge in [-0.3, -0.25) is 9.59 Å². The second-order valence-electron chi connectivity index (χ2n) is 6.91. The number of esters is 1. The van der Waals surface area contributed by atoms with Gasteiger partial charge in [-0.25, -0.2) is 0 Å². The number of rotatable bonds is 7. The van der Waals surface area contributed by atoms with Crippen molar-refractivity contribution in [2.45, 2.75) is 32.8 Å². The second-order valence-corrected chi connectivity index (χ2v) is 8.52. The number of benzene rings is 1. The number of thiocarbonyl (C=S) groups is 1. The number of piperidine rings is 1. The third-order valence-corrected chi connectivity index (χ3v) is 6.19. The third-order valence-electron chi connectivity index (χ3n) is 4.70. The average Bonchev–Trinajstić information content (AvgIpc) is 2.72. The van der Waals surface area contributed by atoms with Crippen molar-refractivity contribution in [2.75, 3.05) is 38.4 Å². The molecule has 9 heteroatoms. The molecule has 1 atom stereocenters. The Morgan fingerprint density at radius 2 is 1.97 bits per heavy atom. The van der Waals surface area contributed by atoms with Crippen molar-refractivity contribution in [1.29, 1.82) is 0 Å². The Balaban J connectivity index is 1.81. The molecule has 1 amide bonds. The highest BCUT2D eigenvalue weighted by molar-refractivity contribution is 8.23. The summed E-state index contributed by atoms with van der Waals surface area (Å²) in [5, 5.41) is 2.70. The first kappa shape index (κ1) is 23.3. The second kappa shape index (κ2) is 11.3. The molecule has 7 nitrogen and oxygen atoms in total. The van der Waals surface area contributed by atoms with Gasteiger partial charge < -0.3 is 24.4 Å². The van der Waals surface area contributed by atoms with Crippen LogP contribution in [0.2, 0.25) is 0 Å². The van der Waals surface area contributed by atoms with Crippen molar-refractivity contribution in [3.63, 3.8) is 0 Å². The molecule has 1 aromatic carbocycles. The molecule has 0 aromatic heterocycles. The molecule has 0 radical (unpaired) electrons. The van der Waals surface area contributed by atoms with Crippen LogP contribution in [0.3, 0.4) is 0 Å². The smallest absolute Gasteiger partial charge is 0.317 e. The summed E-state index contributed by atoms with van der Waals surface area (Å²) in [6.45, 7) is 5.60. The van der Waals surface area contributed by atoms with E-state index in [1.165, 1.54) is 32.9 Å². The predicted molar refractivity (Wildman–Crippen MR) is 119 cm³/mol. The lowest BCUT2D eigenvalue weighted by molar-refractivity contribution is -0.150. The molecule has 1 heterocycles. The summed E-state index contributed by atoms with van der Waals surface area (Å²) >= 11 is 6.69. The van der Waals surface area contributed by atoms with Gasteiger partial charge >= 0.3 is 5.97 Å². The lowest BCUT2D eigenvalue weighted by Gasteiger charge is -2.31. The van der Waals surface area contributed by atoms with Crippen LogP contribution >= 0.6 is 24.0 Å². The first-order valence-electron chi connectivity index (χ1n) is 9.48.